The molecular weight excluding hydrogens is 256 g/mol. The Hall–Kier alpha value is -1.67. The lowest BCUT2D eigenvalue weighted by Gasteiger charge is -2.22. The Bertz CT molecular complexity index is 568. The molecule has 2 heteroatoms. The molecule has 1 aromatic heterocycles. The first-order valence-electron chi connectivity index (χ1n) is 8.05. The Morgan fingerprint density at radius 2 is 1.76 bits per heavy atom. The molecule has 1 aromatic carbocycles. The molecule has 21 heavy (non-hydrogen) atoms. The van der Waals surface area contributed by atoms with Gasteiger partial charge in [0.25, 0.3) is 0 Å². The van der Waals surface area contributed by atoms with Gasteiger partial charge in [0.05, 0.1) is 0 Å². The summed E-state index contributed by atoms with van der Waals surface area (Å²) in [6.45, 7) is 0.862. The summed E-state index contributed by atoms with van der Waals surface area (Å²) >= 11 is 0. The first-order chi connectivity index (χ1) is 10.4. The molecule has 0 amide bonds. The Morgan fingerprint density at radius 3 is 2.48 bits per heavy atom. The summed E-state index contributed by atoms with van der Waals surface area (Å²) in [5.74, 6) is 0.779. The van der Waals surface area contributed by atoms with Crippen molar-refractivity contribution in [2.75, 3.05) is 7.05 Å². The van der Waals surface area contributed by atoms with Crippen molar-refractivity contribution in [3.8, 4) is 11.1 Å². The minimum atomic E-state index is 0.779. The molecule has 1 N–H and O–H groups in total. The number of hydrogen-bond acceptors (Lipinski definition) is 2. The summed E-state index contributed by atoms with van der Waals surface area (Å²) in [4.78, 5) is 4.35. The molecule has 0 aliphatic heterocycles. The Kier molecular flexibility index (Phi) is 4.66. The van der Waals surface area contributed by atoms with Crippen LogP contribution in [0.2, 0.25) is 0 Å². The Balaban J connectivity index is 1.78. The molecule has 0 unspecified atom stereocenters. The Labute approximate surface area is 127 Å². The largest absolute Gasteiger partial charge is 0.316 e. The van der Waals surface area contributed by atoms with Crippen LogP contribution >= 0.6 is 0 Å². The number of aromatic nitrogens is 1. The zero-order valence-electron chi connectivity index (χ0n) is 12.8. The fourth-order valence-electron chi connectivity index (χ4n) is 3.33. The monoisotopic (exact) mass is 280 g/mol. The van der Waals surface area contributed by atoms with E-state index in [0.717, 1.165) is 12.5 Å². The van der Waals surface area contributed by atoms with E-state index < -0.39 is 0 Å². The topological polar surface area (TPSA) is 24.9 Å². The van der Waals surface area contributed by atoms with E-state index in [0.29, 0.717) is 0 Å². The lowest BCUT2D eigenvalue weighted by atomic mass is 9.84. The van der Waals surface area contributed by atoms with E-state index >= 15 is 0 Å². The summed E-state index contributed by atoms with van der Waals surface area (Å²) in [7, 11) is 1.96. The smallest absolute Gasteiger partial charge is 0.0346 e. The first-order valence-corrected chi connectivity index (χ1v) is 8.05. The van der Waals surface area contributed by atoms with E-state index in [9.17, 15) is 0 Å². The highest BCUT2D eigenvalue weighted by Gasteiger charge is 2.15. The molecular formula is C19H24N2. The van der Waals surface area contributed by atoms with E-state index in [1.165, 1.54) is 54.4 Å². The van der Waals surface area contributed by atoms with E-state index in [1.807, 2.05) is 19.4 Å². The van der Waals surface area contributed by atoms with Crippen LogP contribution in [0.5, 0.6) is 0 Å². The zero-order valence-corrected chi connectivity index (χ0v) is 12.8. The predicted molar refractivity (Wildman–Crippen MR) is 88.3 cm³/mol. The second-order valence-corrected chi connectivity index (χ2v) is 6.07. The normalized spacial score (nSPS) is 16.0. The number of nitrogens with one attached hydrogen (secondary N) is 1. The number of rotatable bonds is 4. The third kappa shape index (κ3) is 3.51. The van der Waals surface area contributed by atoms with Gasteiger partial charge in [-0.3, -0.25) is 4.98 Å². The predicted octanol–water partition coefficient (Wildman–Crippen LogP) is 4.52. The van der Waals surface area contributed by atoms with Gasteiger partial charge in [-0.15, -0.1) is 0 Å². The van der Waals surface area contributed by atoms with Gasteiger partial charge in [-0.25, -0.2) is 0 Å². The lowest BCUT2D eigenvalue weighted by molar-refractivity contribution is 0.443. The van der Waals surface area contributed by atoms with Crippen LogP contribution in [0.4, 0.5) is 0 Å². The molecule has 0 atom stereocenters. The van der Waals surface area contributed by atoms with Gasteiger partial charge >= 0.3 is 0 Å². The lowest BCUT2D eigenvalue weighted by Crippen LogP contribution is -2.05. The zero-order chi connectivity index (χ0) is 14.5. The van der Waals surface area contributed by atoms with Gasteiger partial charge in [0.15, 0.2) is 0 Å². The number of nitrogens with zero attached hydrogens (tertiary/aromatic N) is 1. The molecule has 1 aliphatic carbocycles. The van der Waals surface area contributed by atoms with Crippen molar-refractivity contribution in [3.05, 3.63) is 53.9 Å². The standard InChI is InChI=1S/C19H24N2/c1-20-12-15-11-19(14-21-13-15)18-9-7-17(8-10-18)16-5-3-2-4-6-16/h7-11,13-14,16,20H,2-6,12H2,1H3. The SMILES string of the molecule is CNCc1cncc(-c2ccc(C3CCCCC3)cc2)c1. The van der Waals surface area contributed by atoms with Gasteiger partial charge in [0.2, 0.25) is 0 Å². The maximum Gasteiger partial charge on any atom is 0.0346 e. The number of pyridine rings is 1. The summed E-state index contributed by atoms with van der Waals surface area (Å²) < 4.78 is 0. The van der Waals surface area contributed by atoms with Crippen LogP contribution in [0.25, 0.3) is 11.1 Å². The average molecular weight is 280 g/mol. The fourth-order valence-corrected chi connectivity index (χ4v) is 3.33. The molecule has 110 valence electrons. The average Bonchev–Trinajstić information content (AvgIpc) is 2.56. The van der Waals surface area contributed by atoms with Crippen molar-refractivity contribution >= 4 is 0 Å². The van der Waals surface area contributed by atoms with Crippen LogP contribution in [-0.2, 0) is 6.54 Å². The summed E-state index contributed by atoms with van der Waals surface area (Å²) in [6.07, 6.45) is 10.8. The molecule has 3 rings (SSSR count). The van der Waals surface area contributed by atoms with Crippen LogP contribution in [-0.4, -0.2) is 12.0 Å². The minimum absolute atomic E-state index is 0.779. The molecule has 0 radical (unpaired) electrons. The molecule has 0 saturated heterocycles. The van der Waals surface area contributed by atoms with Crippen molar-refractivity contribution in [1.29, 1.82) is 0 Å². The maximum atomic E-state index is 4.35. The molecule has 1 aliphatic rings. The fraction of sp³-hybridized carbons (Fsp3) is 0.421. The van der Waals surface area contributed by atoms with Crippen LogP contribution in [0.15, 0.2) is 42.7 Å². The summed E-state index contributed by atoms with van der Waals surface area (Å²) in [5.41, 5.74) is 5.21. The number of benzene rings is 1. The number of hydrogen-bond donors (Lipinski definition) is 1. The quantitative estimate of drug-likeness (QED) is 0.891. The molecule has 2 nitrogen and oxygen atoms in total. The summed E-state index contributed by atoms with van der Waals surface area (Å²) in [6, 6.07) is 11.4. The van der Waals surface area contributed by atoms with Gasteiger partial charge in [0.1, 0.15) is 0 Å². The maximum absolute atomic E-state index is 4.35. The van der Waals surface area contributed by atoms with Crippen LogP contribution < -0.4 is 5.32 Å². The van der Waals surface area contributed by atoms with Crippen molar-refractivity contribution < 1.29 is 0 Å². The highest BCUT2D eigenvalue weighted by molar-refractivity contribution is 5.63. The molecule has 1 saturated carbocycles. The van der Waals surface area contributed by atoms with E-state index in [2.05, 4.69) is 40.6 Å². The van der Waals surface area contributed by atoms with Crippen molar-refractivity contribution in [1.82, 2.24) is 10.3 Å². The second kappa shape index (κ2) is 6.86. The summed E-state index contributed by atoms with van der Waals surface area (Å²) in [5, 5.41) is 3.17. The highest BCUT2D eigenvalue weighted by atomic mass is 14.8. The van der Waals surface area contributed by atoms with E-state index in [1.54, 1.807) is 0 Å². The molecule has 1 fully saturated rings. The van der Waals surface area contributed by atoms with Crippen LogP contribution in [0.1, 0.15) is 49.1 Å². The third-order valence-electron chi connectivity index (χ3n) is 4.50. The minimum Gasteiger partial charge on any atom is -0.316 e. The van der Waals surface area contributed by atoms with Gasteiger partial charge in [-0.1, -0.05) is 43.5 Å². The molecule has 0 bridgehead atoms. The Morgan fingerprint density at radius 1 is 1.00 bits per heavy atom. The van der Waals surface area contributed by atoms with Gasteiger partial charge in [-0.2, -0.15) is 0 Å². The van der Waals surface area contributed by atoms with E-state index in [4.69, 9.17) is 0 Å². The first kappa shape index (κ1) is 14.3. The van der Waals surface area contributed by atoms with E-state index in [-0.39, 0.29) is 0 Å². The van der Waals surface area contributed by atoms with Crippen LogP contribution in [0.3, 0.4) is 0 Å². The highest BCUT2D eigenvalue weighted by Crippen LogP contribution is 2.33. The van der Waals surface area contributed by atoms with Gasteiger partial charge in [0, 0.05) is 24.5 Å². The molecule has 0 spiro atoms. The van der Waals surface area contributed by atoms with Crippen molar-refractivity contribution in [2.45, 2.75) is 44.6 Å². The van der Waals surface area contributed by atoms with Crippen molar-refractivity contribution in [2.24, 2.45) is 0 Å². The van der Waals surface area contributed by atoms with Crippen LogP contribution in [0, 0.1) is 0 Å². The molecule has 1 heterocycles. The molecule has 2 aromatic rings. The third-order valence-corrected chi connectivity index (χ3v) is 4.50. The van der Waals surface area contributed by atoms with Gasteiger partial charge < -0.3 is 5.32 Å². The van der Waals surface area contributed by atoms with Crippen molar-refractivity contribution in [3.63, 3.8) is 0 Å². The second-order valence-electron chi connectivity index (χ2n) is 6.07. The van der Waals surface area contributed by atoms with Gasteiger partial charge in [-0.05, 0) is 48.6 Å².